The topological polar surface area (TPSA) is 29.0 Å². The smallest absolute Gasteiger partial charge is 0.235 e. The Morgan fingerprint density at radius 2 is 0.889 bits per heavy atom. The fourth-order valence-corrected chi connectivity index (χ4v) is 5.96. The highest BCUT2D eigenvalue weighted by Gasteiger charge is 2.19. The summed E-state index contributed by atoms with van der Waals surface area (Å²) >= 11 is 0. The Labute approximate surface area is 262 Å². The fourth-order valence-electron chi connectivity index (χ4n) is 5.96. The second-order valence-electron chi connectivity index (χ2n) is 11.1. The van der Waals surface area contributed by atoms with Crippen LogP contribution in [0.3, 0.4) is 0 Å². The third kappa shape index (κ3) is 5.21. The van der Waals surface area contributed by atoms with E-state index in [1.807, 2.05) is 30.3 Å². The molecule has 0 amide bonds. The quantitative estimate of drug-likeness (QED) is 0.197. The Morgan fingerprint density at radius 1 is 0.356 bits per heavy atom. The lowest BCUT2D eigenvalue weighted by molar-refractivity contribution is 1.11. The van der Waals surface area contributed by atoms with E-state index in [0.717, 1.165) is 33.5 Å². The molecule has 212 valence electrons. The molecule has 45 heavy (non-hydrogen) atoms. The van der Waals surface area contributed by atoms with E-state index in [1.54, 1.807) is 0 Å². The van der Waals surface area contributed by atoms with Crippen molar-refractivity contribution in [1.29, 1.82) is 0 Å². The normalized spacial score (nSPS) is 11.1. The van der Waals surface area contributed by atoms with Gasteiger partial charge in [0.15, 0.2) is 0 Å². The van der Waals surface area contributed by atoms with E-state index in [1.165, 1.54) is 33.0 Å². The molecule has 0 atom stereocenters. The molecule has 0 unspecified atom stereocenters. The summed E-state index contributed by atoms with van der Waals surface area (Å²) < 4.78 is 0. The van der Waals surface area contributed by atoms with Gasteiger partial charge in [-0.2, -0.15) is 0 Å². The molecule has 1 heterocycles. The Hall–Kier alpha value is -6.06. The molecule has 0 aliphatic rings. The maximum atomic E-state index is 5.26. The summed E-state index contributed by atoms with van der Waals surface area (Å²) in [5.41, 5.74) is 9.57. The van der Waals surface area contributed by atoms with Gasteiger partial charge in [-0.25, -0.2) is 9.97 Å². The van der Waals surface area contributed by atoms with Crippen LogP contribution >= 0.6 is 0 Å². The minimum Gasteiger partial charge on any atom is -0.279 e. The molecule has 0 spiro atoms. The maximum Gasteiger partial charge on any atom is 0.235 e. The van der Waals surface area contributed by atoms with Crippen LogP contribution < -0.4 is 4.90 Å². The van der Waals surface area contributed by atoms with Crippen LogP contribution in [-0.4, -0.2) is 9.97 Å². The number of fused-ring (bicyclic) bond motifs is 2. The zero-order valence-corrected chi connectivity index (χ0v) is 24.6. The van der Waals surface area contributed by atoms with Crippen LogP contribution in [-0.2, 0) is 0 Å². The van der Waals surface area contributed by atoms with Crippen molar-refractivity contribution in [1.82, 2.24) is 9.97 Å². The van der Waals surface area contributed by atoms with Crippen LogP contribution in [0.4, 0.5) is 17.3 Å². The molecule has 0 fully saturated rings. The predicted molar refractivity (Wildman–Crippen MR) is 188 cm³/mol. The summed E-state index contributed by atoms with van der Waals surface area (Å²) in [6.07, 6.45) is 0. The van der Waals surface area contributed by atoms with Crippen molar-refractivity contribution in [3.63, 3.8) is 0 Å². The van der Waals surface area contributed by atoms with E-state index in [0.29, 0.717) is 5.95 Å². The second-order valence-corrected chi connectivity index (χ2v) is 11.1. The number of para-hydroxylation sites is 2. The summed E-state index contributed by atoms with van der Waals surface area (Å²) in [6.45, 7) is 0. The lowest BCUT2D eigenvalue weighted by atomic mass is 9.99. The minimum absolute atomic E-state index is 0.626. The minimum atomic E-state index is 0.626. The van der Waals surface area contributed by atoms with Gasteiger partial charge in [0, 0.05) is 22.3 Å². The van der Waals surface area contributed by atoms with Crippen LogP contribution in [0, 0.1) is 0 Å². The Bertz CT molecular complexity index is 2240. The summed E-state index contributed by atoms with van der Waals surface area (Å²) in [5, 5.41) is 3.51. The molecule has 1 aromatic heterocycles. The van der Waals surface area contributed by atoms with E-state index in [2.05, 4.69) is 150 Å². The molecule has 0 aliphatic heterocycles. The molecule has 3 nitrogen and oxygen atoms in total. The van der Waals surface area contributed by atoms with Gasteiger partial charge in [0.2, 0.25) is 5.95 Å². The fraction of sp³-hybridized carbons (Fsp3) is 0. The SMILES string of the molecule is c1ccc(-c2ccc(N(c3ccccc3)c3nc(-c4ccc(-c5ccc6ccccc6c5)cc4)c4ccccc4n3)cc2)cc1. The maximum absolute atomic E-state index is 5.26. The lowest BCUT2D eigenvalue weighted by Gasteiger charge is -2.24. The molecule has 0 bridgehead atoms. The summed E-state index contributed by atoms with van der Waals surface area (Å²) in [5.74, 6) is 0.626. The van der Waals surface area contributed by atoms with E-state index < -0.39 is 0 Å². The first-order valence-electron chi connectivity index (χ1n) is 15.2. The third-order valence-corrected chi connectivity index (χ3v) is 8.28. The highest BCUT2D eigenvalue weighted by molar-refractivity contribution is 5.95. The van der Waals surface area contributed by atoms with Gasteiger partial charge in [-0.05, 0) is 69.4 Å². The van der Waals surface area contributed by atoms with Gasteiger partial charge >= 0.3 is 0 Å². The third-order valence-electron chi connectivity index (χ3n) is 8.28. The highest BCUT2D eigenvalue weighted by Crippen LogP contribution is 2.37. The first kappa shape index (κ1) is 26.6. The van der Waals surface area contributed by atoms with Crippen molar-refractivity contribution in [3.05, 3.63) is 176 Å². The lowest BCUT2D eigenvalue weighted by Crippen LogP contribution is -2.14. The molecule has 3 heteroatoms. The van der Waals surface area contributed by atoms with Crippen LogP contribution in [0.15, 0.2) is 176 Å². The van der Waals surface area contributed by atoms with Gasteiger partial charge in [0.05, 0.1) is 11.2 Å². The highest BCUT2D eigenvalue weighted by atomic mass is 15.3. The predicted octanol–water partition coefficient (Wildman–Crippen LogP) is 11.3. The number of nitrogens with zero attached hydrogens (tertiary/aromatic N) is 3. The van der Waals surface area contributed by atoms with Gasteiger partial charge in [0.1, 0.15) is 0 Å². The zero-order chi connectivity index (χ0) is 30.0. The van der Waals surface area contributed by atoms with Crippen LogP contribution in [0.25, 0.3) is 55.2 Å². The number of anilines is 3. The first-order valence-corrected chi connectivity index (χ1v) is 15.2. The number of hydrogen-bond donors (Lipinski definition) is 0. The van der Waals surface area contributed by atoms with Crippen LogP contribution in [0.5, 0.6) is 0 Å². The number of hydrogen-bond acceptors (Lipinski definition) is 3. The molecule has 0 saturated carbocycles. The summed E-state index contributed by atoms with van der Waals surface area (Å²) in [7, 11) is 0. The Morgan fingerprint density at radius 3 is 1.67 bits per heavy atom. The molecule has 7 aromatic carbocycles. The molecule has 0 aliphatic carbocycles. The van der Waals surface area contributed by atoms with Crippen molar-refractivity contribution in [2.24, 2.45) is 0 Å². The second kappa shape index (κ2) is 11.6. The van der Waals surface area contributed by atoms with Crippen molar-refractivity contribution in [2.45, 2.75) is 0 Å². The van der Waals surface area contributed by atoms with Gasteiger partial charge in [0.25, 0.3) is 0 Å². The number of rotatable bonds is 6. The van der Waals surface area contributed by atoms with Crippen LogP contribution in [0.1, 0.15) is 0 Å². The Kier molecular flexibility index (Phi) is 6.82. The largest absolute Gasteiger partial charge is 0.279 e. The van der Waals surface area contributed by atoms with Crippen molar-refractivity contribution in [3.8, 4) is 33.5 Å². The zero-order valence-electron chi connectivity index (χ0n) is 24.6. The van der Waals surface area contributed by atoms with Gasteiger partial charge in [-0.3, -0.25) is 4.90 Å². The standard InChI is InChI=1S/C42H29N3/c1-3-11-30(12-4-1)32-25-27-38(28-26-32)45(37-15-5-2-6-16-37)42-43-40-18-10-9-17-39(40)41(44-42)34-22-19-33(20-23-34)36-24-21-31-13-7-8-14-35(31)29-36/h1-29H. The van der Waals surface area contributed by atoms with E-state index in [-0.39, 0.29) is 0 Å². The average Bonchev–Trinajstić information content (AvgIpc) is 3.12. The van der Waals surface area contributed by atoms with Crippen molar-refractivity contribution in [2.75, 3.05) is 4.90 Å². The van der Waals surface area contributed by atoms with Gasteiger partial charge in [-0.1, -0.05) is 140 Å². The number of benzene rings is 7. The molecule has 0 radical (unpaired) electrons. The van der Waals surface area contributed by atoms with Crippen molar-refractivity contribution < 1.29 is 0 Å². The van der Waals surface area contributed by atoms with E-state index >= 15 is 0 Å². The number of aromatic nitrogens is 2. The molecule has 8 rings (SSSR count). The molecular formula is C42H29N3. The van der Waals surface area contributed by atoms with Gasteiger partial charge in [-0.15, -0.1) is 0 Å². The molecule has 8 aromatic rings. The monoisotopic (exact) mass is 575 g/mol. The average molecular weight is 576 g/mol. The van der Waals surface area contributed by atoms with Crippen LogP contribution in [0.2, 0.25) is 0 Å². The molecule has 0 saturated heterocycles. The van der Waals surface area contributed by atoms with Crippen molar-refractivity contribution >= 4 is 39.0 Å². The van der Waals surface area contributed by atoms with E-state index in [9.17, 15) is 0 Å². The summed E-state index contributed by atoms with van der Waals surface area (Å²) in [6, 6.07) is 61.5. The first-order chi connectivity index (χ1) is 22.3. The van der Waals surface area contributed by atoms with Gasteiger partial charge < -0.3 is 0 Å². The molecular weight excluding hydrogens is 546 g/mol. The molecule has 0 N–H and O–H groups in total. The van der Waals surface area contributed by atoms with E-state index in [4.69, 9.17) is 9.97 Å². The summed E-state index contributed by atoms with van der Waals surface area (Å²) in [4.78, 5) is 12.5. The Balaban J connectivity index is 1.23.